The third-order valence-corrected chi connectivity index (χ3v) is 3.57. The van der Waals surface area contributed by atoms with Crippen molar-refractivity contribution in [3.63, 3.8) is 0 Å². The van der Waals surface area contributed by atoms with E-state index in [0.29, 0.717) is 6.61 Å². The number of nitrogens with zero attached hydrogens (tertiary/aromatic N) is 1. The van der Waals surface area contributed by atoms with Crippen LogP contribution in [0.15, 0.2) is 66.9 Å². The van der Waals surface area contributed by atoms with E-state index in [2.05, 4.69) is 15.6 Å². The number of aromatic nitrogens is 1. The molecule has 5 nitrogen and oxygen atoms in total. The molecule has 3 rings (SSSR count). The molecule has 0 unspecified atom stereocenters. The molecule has 0 aliphatic heterocycles. The number of hydrogen-bond acceptors (Lipinski definition) is 4. The standard InChI is InChI=1S/C20H18FN3O2/c1-2-26-16-10-7-14(8-11-16)23-15-9-12-19(22-13-15)20(25)24-18-6-4-3-5-17(18)21/h3-13,23H,2H2,1H3,(H,24,25). The van der Waals surface area contributed by atoms with Crippen molar-refractivity contribution < 1.29 is 13.9 Å². The fraction of sp³-hybridized carbons (Fsp3) is 0.100. The highest BCUT2D eigenvalue weighted by Crippen LogP contribution is 2.20. The van der Waals surface area contributed by atoms with Crippen LogP contribution in [0.25, 0.3) is 0 Å². The molecule has 0 saturated heterocycles. The van der Waals surface area contributed by atoms with Gasteiger partial charge in [0.2, 0.25) is 0 Å². The molecular weight excluding hydrogens is 333 g/mol. The zero-order valence-corrected chi connectivity index (χ0v) is 14.2. The first-order chi connectivity index (χ1) is 12.7. The van der Waals surface area contributed by atoms with Gasteiger partial charge >= 0.3 is 0 Å². The Balaban J connectivity index is 1.64. The summed E-state index contributed by atoms with van der Waals surface area (Å²) < 4.78 is 19.0. The Morgan fingerprint density at radius 1 is 1.04 bits per heavy atom. The van der Waals surface area contributed by atoms with Gasteiger partial charge in [0, 0.05) is 5.69 Å². The van der Waals surface area contributed by atoms with Crippen molar-refractivity contribution in [1.82, 2.24) is 4.98 Å². The number of halogens is 1. The average molecular weight is 351 g/mol. The predicted octanol–water partition coefficient (Wildman–Crippen LogP) is 4.62. The second-order valence-corrected chi connectivity index (χ2v) is 5.45. The Morgan fingerprint density at radius 2 is 1.77 bits per heavy atom. The van der Waals surface area contributed by atoms with E-state index in [1.54, 1.807) is 30.5 Å². The molecule has 1 aromatic heterocycles. The lowest BCUT2D eigenvalue weighted by Gasteiger charge is -2.09. The molecule has 6 heteroatoms. The Labute approximate surface area is 150 Å². The van der Waals surface area contributed by atoms with Crippen LogP contribution in [0.2, 0.25) is 0 Å². The topological polar surface area (TPSA) is 63.2 Å². The van der Waals surface area contributed by atoms with E-state index in [-0.39, 0.29) is 11.4 Å². The lowest BCUT2D eigenvalue weighted by molar-refractivity contribution is 0.102. The molecule has 0 bridgehead atoms. The first-order valence-corrected chi connectivity index (χ1v) is 8.17. The summed E-state index contributed by atoms with van der Waals surface area (Å²) in [7, 11) is 0. The molecule has 0 spiro atoms. The number of hydrogen-bond donors (Lipinski definition) is 2. The zero-order chi connectivity index (χ0) is 18.4. The summed E-state index contributed by atoms with van der Waals surface area (Å²) in [6.45, 7) is 2.55. The van der Waals surface area contributed by atoms with Gasteiger partial charge in [0.15, 0.2) is 0 Å². The maximum Gasteiger partial charge on any atom is 0.274 e. The highest BCUT2D eigenvalue weighted by atomic mass is 19.1. The van der Waals surface area contributed by atoms with Gasteiger partial charge in [0.1, 0.15) is 17.3 Å². The van der Waals surface area contributed by atoms with Gasteiger partial charge in [-0.15, -0.1) is 0 Å². The van der Waals surface area contributed by atoms with Crippen LogP contribution in [-0.4, -0.2) is 17.5 Å². The van der Waals surface area contributed by atoms with Gasteiger partial charge in [-0.1, -0.05) is 12.1 Å². The van der Waals surface area contributed by atoms with Crippen molar-refractivity contribution in [1.29, 1.82) is 0 Å². The highest BCUT2D eigenvalue weighted by Gasteiger charge is 2.10. The lowest BCUT2D eigenvalue weighted by atomic mass is 10.2. The van der Waals surface area contributed by atoms with E-state index in [4.69, 9.17) is 4.74 Å². The van der Waals surface area contributed by atoms with Crippen molar-refractivity contribution in [2.45, 2.75) is 6.92 Å². The number of carbonyl (C=O) groups is 1. The predicted molar refractivity (Wildman–Crippen MR) is 99.5 cm³/mol. The first-order valence-electron chi connectivity index (χ1n) is 8.17. The molecule has 26 heavy (non-hydrogen) atoms. The van der Waals surface area contributed by atoms with Crippen LogP contribution in [0.5, 0.6) is 5.75 Å². The number of amides is 1. The van der Waals surface area contributed by atoms with Gasteiger partial charge in [0.25, 0.3) is 5.91 Å². The molecule has 0 saturated carbocycles. The van der Waals surface area contributed by atoms with E-state index < -0.39 is 11.7 Å². The van der Waals surface area contributed by atoms with Gasteiger partial charge < -0.3 is 15.4 Å². The summed E-state index contributed by atoms with van der Waals surface area (Å²) in [5.41, 5.74) is 1.93. The minimum absolute atomic E-state index is 0.121. The largest absolute Gasteiger partial charge is 0.494 e. The molecule has 1 amide bonds. The van der Waals surface area contributed by atoms with Crippen LogP contribution in [0.4, 0.5) is 21.5 Å². The first kappa shape index (κ1) is 17.4. The second kappa shape index (κ2) is 8.11. The maximum atomic E-state index is 13.6. The minimum Gasteiger partial charge on any atom is -0.494 e. The number of para-hydroxylation sites is 1. The lowest BCUT2D eigenvalue weighted by Crippen LogP contribution is -2.14. The van der Waals surface area contributed by atoms with E-state index in [1.807, 2.05) is 31.2 Å². The SMILES string of the molecule is CCOc1ccc(Nc2ccc(C(=O)Nc3ccccc3F)nc2)cc1. The molecule has 0 aliphatic carbocycles. The Kier molecular flexibility index (Phi) is 5.43. The molecule has 1 heterocycles. The maximum absolute atomic E-state index is 13.6. The molecule has 0 atom stereocenters. The Bertz CT molecular complexity index is 880. The molecule has 0 fully saturated rings. The quantitative estimate of drug-likeness (QED) is 0.680. The third kappa shape index (κ3) is 4.36. The van der Waals surface area contributed by atoms with Crippen LogP contribution in [0.3, 0.4) is 0 Å². The average Bonchev–Trinajstić information content (AvgIpc) is 2.66. The summed E-state index contributed by atoms with van der Waals surface area (Å²) in [5, 5.41) is 5.69. The normalized spacial score (nSPS) is 10.2. The summed E-state index contributed by atoms with van der Waals surface area (Å²) in [5.74, 6) is -0.159. The molecule has 2 N–H and O–H groups in total. The smallest absolute Gasteiger partial charge is 0.274 e. The van der Waals surface area contributed by atoms with Gasteiger partial charge in [0.05, 0.1) is 24.2 Å². The molecule has 132 valence electrons. The molecule has 3 aromatic rings. The number of rotatable bonds is 6. The van der Waals surface area contributed by atoms with Crippen molar-refractivity contribution in [2.75, 3.05) is 17.2 Å². The zero-order valence-electron chi connectivity index (χ0n) is 14.2. The summed E-state index contributed by atoms with van der Waals surface area (Å²) >= 11 is 0. The van der Waals surface area contributed by atoms with Crippen molar-refractivity contribution >= 4 is 23.0 Å². The highest BCUT2D eigenvalue weighted by molar-refractivity contribution is 6.03. The van der Waals surface area contributed by atoms with Gasteiger partial charge in [-0.25, -0.2) is 9.37 Å². The summed E-state index contributed by atoms with van der Waals surface area (Å²) in [4.78, 5) is 16.3. The van der Waals surface area contributed by atoms with Gasteiger partial charge in [-0.05, 0) is 55.5 Å². The molecule has 0 radical (unpaired) electrons. The third-order valence-electron chi connectivity index (χ3n) is 3.57. The van der Waals surface area contributed by atoms with Crippen LogP contribution in [0, 0.1) is 5.82 Å². The van der Waals surface area contributed by atoms with Crippen molar-refractivity contribution in [3.8, 4) is 5.75 Å². The van der Waals surface area contributed by atoms with Crippen LogP contribution in [-0.2, 0) is 0 Å². The number of anilines is 3. The number of ether oxygens (including phenoxy) is 1. The van der Waals surface area contributed by atoms with Gasteiger partial charge in [-0.2, -0.15) is 0 Å². The minimum atomic E-state index is -0.491. The van der Waals surface area contributed by atoms with E-state index in [1.165, 1.54) is 12.1 Å². The number of benzene rings is 2. The van der Waals surface area contributed by atoms with Crippen LogP contribution in [0.1, 0.15) is 17.4 Å². The number of pyridine rings is 1. The Hall–Kier alpha value is -3.41. The summed E-state index contributed by atoms with van der Waals surface area (Å²) in [6.07, 6.45) is 1.55. The second-order valence-electron chi connectivity index (χ2n) is 5.45. The van der Waals surface area contributed by atoms with Crippen molar-refractivity contribution in [2.24, 2.45) is 0 Å². The number of nitrogens with one attached hydrogen (secondary N) is 2. The number of carbonyl (C=O) groups excluding carboxylic acids is 1. The van der Waals surface area contributed by atoms with E-state index in [0.717, 1.165) is 17.1 Å². The monoisotopic (exact) mass is 351 g/mol. The molecular formula is C20H18FN3O2. The Morgan fingerprint density at radius 3 is 2.42 bits per heavy atom. The van der Waals surface area contributed by atoms with Crippen LogP contribution >= 0.6 is 0 Å². The van der Waals surface area contributed by atoms with Gasteiger partial charge in [-0.3, -0.25) is 4.79 Å². The fourth-order valence-corrected chi connectivity index (χ4v) is 2.32. The van der Waals surface area contributed by atoms with Crippen molar-refractivity contribution in [3.05, 3.63) is 78.4 Å². The molecule has 2 aromatic carbocycles. The summed E-state index contributed by atoms with van der Waals surface area (Å²) in [6, 6.07) is 16.8. The van der Waals surface area contributed by atoms with E-state index in [9.17, 15) is 9.18 Å². The van der Waals surface area contributed by atoms with E-state index >= 15 is 0 Å². The van der Waals surface area contributed by atoms with Crippen LogP contribution < -0.4 is 15.4 Å². The fourth-order valence-electron chi connectivity index (χ4n) is 2.32. The molecule has 0 aliphatic rings.